The van der Waals surface area contributed by atoms with E-state index in [-0.39, 0.29) is 11.9 Å². The molecule has 0 saturated carbocycles. The highest BCUT2D eigenvalue weighted by Crippen LogP contribution is 2.12. The van der Waals surface area contributed by atoms with Crippen molar-refractivity contribution in [2.75, 3.05) is 13.2 Å². The monoisotopic (exact) mass is 382 g/mol. The Hall–Kier alpha value is -0.570. The minimum Gasteiger partial charge on any atom is -0.381 e. The van der Waals surface area contributed by atoms with Crippen molar-refractivity contribution in [3.63, 3.8) is 0 Å². The fraction of sp³-hybridized carbons (Fsp3) is 0.917. The maximum atomic E-state index is 11.4. The van der Waals surface area contributed by atoms with Gasteiger partial charge in [0.15, 0.2) is 0 Å². The van der Waals surface area contributed by atoms with Crippen molar-refractivity contribution in [2.24, 2.45) is 0 Å². The minimum absolute atomic E-state index is 0.122. The molecule has 0 aromatic rings. The van der Waals surface area contributed by atoms with E-state index in [9.17, 15) is 4.79 Å². The SMILES string of the molecule is [CH2]CC(CCCOCCCCCCCCCCCCCCC)NC(=O)CC. The van der Waals surface area contributed by atoms with Gasteiger partial charge in [-0.1, -0.05) is 97.8 Å². The second-order valence-electron chi connectivity index (χ2n) is 7.90. The molecule has 0 aliphatic rings. The maximum absolute atomic E-state index is 11.4. The number of nitrogens with one attached hydrogen (secondary N) is 1. The van der Waals surface area contributed by atoms with E-state index in [2.05, 4.69) is 19.2 Å². The largest absolute Gasteiger partial charge is 0.381 e. The van der Waals surface area contributed by atoms with Gasteiger partial charge in [0, 0.05) is 25.7 Å². The van der Waals surface area contributed by atoms with Crippen molar-refractivity contribution < 1.29 is 9.53 Å². The molecule has 1 radical (unpaired) electrons. The number of hydrogen-bond acceptors (Lipinski definition) is 2. The molecule has 1 amide bonds. The summed E-state index contributed by atoms with van der Waals surface area (Å²) in [5.41, 5.74) is 0. The predicted molar refractivity (Wildman–Crippen MR) is 118 cm³/mol. The summed E-state index contributed by atoms with van der Waals surface area (Å²) in [6.07, 6.45) is 21.3. The predicted octanol–water partition coefficient (Wildman–Crippen LogP) is 6.99. The zero-order chi connectivity index (χ0) is 20.0. The molecule has 0 aromatic heterocycles. The third-order valence-corrected chi connectivity index (χ3v) is 5.27. The summed E-state index contributed by atoms with van der Waals surface area (Å²) in [5, 5.41) is 3.01. The van der Waals surface area contributed by atoms with Crippen LogP contribution in [0.1, 0.15) is 123 Å². The van der Waals surface area contributed by atoms with Gasteiger partial charge >= 0.3 is 0 Å². The summed E-state index contributed by atoms with van der Waals surface area (Å²) in [6, 6.07) is 0.206. The van der Waals surface area contributed by atoms with E-state index in [0.717, 1.165) is 32.5 Å². The Morgan fingerprint density at radius 2 is 1.26 bits per heavy atom. The molecule has 0 bridgehead atoms. The van der Waals surface area contributed by atoms with E-state index < -0.39 is 0 Å². The number of hydrogen-bond donors (Lipinski definition) is 1. The number of ether oxygens (including phenoxy) is 1. The third kappa shape index (κ3) is 20.0. The lowest BCUT2D eigenvalue weighted by molar-refractivity contribution is -0.121. The zero-order valence-electron chi connectivity index (χ0n) is 18.5. The van der Waals surface area contributed by atoms with Crippen LogP contribution in [0.4, 0.5) is 0 Å². The molecule has 1 N–H and O–H groups in total. The van der Waals surface area contributed by atoms with Crippen molar-refractivity contribution in [2.45, 2.75) is 129 Å². The molecular weight excluding hydrogens is 334 g/mol. The topological polar surface area (TPSA) is 38.3 Å². The highest BCUT2D eigenvalue weighted by Gasteiger charge is 2.08. The van der Waals surface area contributed by atoms with Gasteiger partial charge in [-0.2, -0.15) is 0 Å². The molecule has 0 heterocycles. The van der Waals surface area contributed by atoms with Crippen LogP contribution in [0.3, 0.4) is 0 Å². The lowest BCUT2D eigenvalue weighted by Crippen LogP contribution is -2.34. The Morgan fingerprint density at radius 3 is 1.74 bits per heavy atom. The van der Waals surface area contributed by atoms with Crippen LogP contribution in [0.2, 0.25) is 0 Å². The Balaban J connectivity index is 3.19. The van der Waals surface area contributed by atoms with E-state index in [1.54, 1.807) is 0 Å². The zero-order valence-corrected chi connectivity index (χ0v) is 18.5. The summed E-state index contributed by atoms with van der Waals surface area (Å²) in [4.78, 5) is 11.4. The molecule has 0 fully saturated rings. The third-order valence-electron chi connectivity index (χ3n) is 5.27. The Morgan fingerprint density at radius 1 is 0.778 bits per heavy atom. The van der Waals surface area contributed by atoms with Gasteiger partial charge in [0.2, 0.25) is 5.91 Å². The van der Waals surface area contributed by atoms with Crippen molar-refractivity contribution >= 4 is 5.91 Å². The molecule has 3 heteroatoms. The number of carbonyl (C=O) groups excluding carboxylic acids is 1. The molecule has 161 valence electrons. The number of rotatable bonds is 21. The van der Waals surface area contributed by atoms with Gasteiger partial charge in [0.05, 0.1) is 0 Å². The first-order valence-corrected chi connectivity index (χ1v) is 11.9. The highest BCUT2D eigenvalue weighted by molar-refractivity contribution is 5.75. The van der Waals surface area contributed by atoms with Gasteiger partial charge in [0.1, 0.15) is 0 Å². The van der Waals surface area contributed by atoms with Gasteiger partial charge in [-0.3, -0.25) is 4.79 Å². The molecule has 0 rings (SSSR count). The molecule has 27 heavy (non-hydrogen) atoms. The average Bonchev–Trinajstić information content (AvgIpc) is 2.69. The Kier molecular flexibility index (Phi) is 21.3. The fourth-order valence-electron chi connectivity index (χ4n) is 3.37. The van der Waals surface area contributed by atoms with Crippen LogP contribution >= 0.6 is 0 Å². The smallest absolute Gasteiger partial charge is 0.219 e. The quantitative estimate of drug-likeness (QED) is 0.217. The van der Waals surface area contributed by atoms with Gasteiger partial charge in [-0.05, 0) is 25.7 Å². The van der Waals surface area contributed by atoms with E-state index in [1.165, 1.54) is 83.5 Å². The molecule has 0 saturated heterocycles. The van der Waals surface area contributed by atoms with Gasteiger partial charge in [-0.25, -0.2) is 0 Å². The second-order valence-corrected chi connectivity index (χ2v) is 7.90. The first kappa shape index (κ1) is 26.4. The minimum atomic E-state index is 0.122. The molecule has 0 aliphatic carbocycles. The van der Waals surface area contributed by atoms with Crippen LogP contribution in [0.15, 0.2) is 0 Å². The molecular formula is C24H48NO2. The molecule has 3 nitrogen and oxygen atoms in total. The molecule has 0 spiro atoms. The summed E-state index contributed by atoms with van der Waals surface area (Å²) in [7, 11) is 0. The summed E-state index contributed by atoms with van der Waals surface area (Å²) < 4.78 is 5.73. The number of amides is 1. The summed E-state index contributed by atoms with van der Waals surface area (Å²) in [6.45, 7) is 9.76. The first-order chi connectivity index (χ1) is 13.2. The van der Waals surface area contributed by atoms with Crippen LogP contribution in [-0.2, 0) is 9.53 Å². The van der Waals surface area contributed by atoms with E-state index >= 15 is 0 Å². The Bertz CT molecular complexity index is 307. The molecule has 1 unspecified atom stereocenters. The van der Waals surface area contributed by atoms with Crippen molar-refractivity contribution in [3.05, 3.63) is 6.92 Å². The summed E-state index contributed by atoms with van der Waals surface area (Å²) in [5.74, 6) is 0.122. The lowest BCUT2D eigenvalue weighted by atomic mass is 10.0. The van der Waals surface area contributed by atoms with Gasteiger partial charge in [0.25, 0.3) is 0 Å². The Labute approximate surface area is 170 Å². The first-order valence-electron chi connectivity index (χ1n) is 11.9. The van der Waals surface area contributed by atoms with Crippen molar-refractivity contribution in [1.29, 1.82) is 0 Å². The van der Waals surface area contributed by atoms with Gasteiger partial charge < -0.3 is 10.1 Å². The average molecular weight is 383 g/mol. The summed E-state index contributed by atoms with van der Waals surface area (Å²) >= 11 is 0. The van der Waals surface area contributed by atoms with Crippen LogP contribution in [0.25, 0.3) is 0 Å². The van der Waals surface area contributed by atoms with Crippen LogP contribution < -0.4 is 5.32 Å². The lowest BCUT2D eigenvalue weighted by Gasteiger charge is -2.16. The molecule has 1 atom stereocenters. The second kappa shape index (κ2) is 21.7. The van der Waals surface area contributed by atoms with Crippen LogP contribution in [0, 0.1) is 6.92 Å². The maximum Gasteiger partial charge on any atom is 0.219 e. The van der Waals surface area contributed by atoms with Crippen LogP contribution in [-0.4, -0.2) is 25.2 Å². The van der Waals surface area contributed by atoms with E-state index in [0.29, 0.717) is 6.42 Å². The normalized spacial score (nSPS) is 12.3. The number of unbranched alkanes of at least 4 members (excludes halogenated alkanes) is 12. The van der Waals surface area contributed by atoms with Gasteiger partial charge in [-0.15, -0.1) is 0 Å². The van der Waals surface area contributed by atoms with E-state index in [4.69, 9.17) is 4.74 Å². The van der Waals surface area contributed by atoms with Crippen molar-refractivity contribution in [3.8, 4) is 0 Å². The number of carbonyl (C=O) groups is 1. The highest BCUT2D eigenvalue weighted by atomic mass is 16.5. The fourth-order valence-corrected chi connectivity index (χ4v) is 3.37. The van der Waals surface area contributed by atoms with Crippen molar-refractivity contribution in [1.82, 2.24) is 5.32 Å². The van der Waals surface area contributed by atoms with Crippen LogP contribution in [0.5, 0.6) is 0 Å². The van der Waals surface area contributed by atoms with E-state index in [1.807, 2.05) is 6.92 Å². The molecule has 0 aliphatic heterocycles. The molecule has 0 aromatic carbocycles. The standard InChI is InChI=1S/C24H48NO2/c1-4-7-8-9-10-11-12-13-14-15-16-17-18-21-27-22-19-20-23(5-2)25-24(26)6-3/h23H,2,4-22H2,1,3H3,(H,25,26).